The number of aromatic nitrogens is 2. The molecule has 0 saturated carbocycles. The maximum absolute atomic E-state index is 12.8. The minimum Gasteiger partial charge on any atom is -0.444 e. The number of hydrogen-bond acceptors (Lipinski definition) is 6. The van der Waals surface area contributed by atoms with Gasteiger partial charge in [0, 0.05) is 13.0 Å². The lowest BCUT2D eigenvalue weighted by Gasteiger charge is -2.22. The van der Waals surface area contributed by atoms with E-state index in [-0.39, 0.29) is 25.3 Å². The number of rotatable bonds is 4. The fraction of sp³-hybridized carbons (Fsp3) is 0.500. The zero-order valence-corrected chi connectivity index (χ0v) is 19.3. The lowest BCUT2D eigenvalue weighted by atomic mass is 10.0. The summed E-state index contributed by atoms with van der Waals surface area (Å²) in [5, 5.41) is 7.56. The van der Waals surface area contributed by atoms with Crippen molar-refractivity contribution in [3.05, 3.63) is 29.1 Å². The molecule has 1 saturated heterocycles. The fourth-order valence-electron chi connectivity index (χ4n) is 3.15. The molecule has 4 N–H and O–H groups in total. The van der Waals surface area contributed by atoms with Crippen molar-refractivity contribution < 1.29 is 23.9 Å². The van der Waals surface area contributed by atoms with Gasteiger partial charge in [0.15, 0.2) is 0 Å². The lowest BCUT2D eigenvalue weighted by molar-refractivity contribution is -0.134. The van der Waals surface area contributed by atoms with Crippen molar-refractivity contribution in [1.29, 1.82) is 0 Å². The van der Waals surface area contributed by atoms with Crippen molar-refractivity contribution in [2.45, 2.75) is 72.6 Å². The van der Waals surface area contributed by atoms with Crippen LogP contribution in [0.3, 0.4) is 0 Å². The molecule has 1 fully saturated rings. The second-order valence-electron chi connectivity index (χ2n) is 8.15. The highest BCUT2D eigenvalue weighted by Gasteiger charge is 2.29. The van der Waals surface area contributed by atoms with Crippen LogP contribution in [0.25, 0.3) is 11.0 Å². The summed E-state index contributed by atoms with van der Waals surface area (Å²) in [6, 6.07) is 2.52. The van der Waals surface area contributed by atoms with Gasteiger partial charge in [0.05, 0.1) is 16.6 Å². The minimum absolute atomic E-state index is 0.171. The monoisotopic (exact) mass is 445 g/mol. The quantitative estimate of drug-likeness (QED) is 0.533. The number of imide groups is 1. The number of fused-ring (bicyclic) bond motifs is 1. The highest BCUT2D eigenvalue weighted by Crippen LogP contribution is 2.22. The van der Waals surface area contributed by atoms with Crippen molar-refractivity contribution in [1.82, 2.24) is 25.9 Å². The van der Waals surface area contributed by atoms with E-state index in [2.05, 4.69) is 25.9 Å². The number of benzene rings is 1. The Kier molecular flexibility index (Phi) is 7.96. The molecule has 1 aromatic heterocycles. The second-order valence-corrected chi connectivity index (χ2v) is 8.15. The molecule has 10 nitrogen and oxygen atoms in total. The topological polar surface area (TPSA) is 142 Å². The number of aryl methyl sites for hydroxylation is 1. The number of carbonyl (C=O) groups excluding carboxylic acids is 4. The molecule has 1 aromatic carbocycles. The summed E-state index contributed by atoms with van der Waals surface area (Å²) in [6.45, 7) is 11.3. The van der Waals surface area contributed by atoms with E-state index in [1.54, 1.807) is 39.8 Å². The number of nitrogens with zero attached hydrogens (tertiary/aromatic N) is 1. The van der Waals surface area contributed by atoms with Gasteiger partial charge in [-0.25, -0.2) is 9.78 Å². The lowest BCUT2D eigenvalue weighted by Crippen LogP contribution is -2.52. The molecule has 2 heterocycles. The van der Waals surface area contributed by atoms with Crippen LogP contribution in [0.2, 0.25) is 0 Å². The number of aromatic amines is 1. The molecule has 0 radical (unpaired) electrons. The highest BCUT2D eigenvalue weighted by atomic mass is 16.6. The molecule has 32 heavy (non-hydrogen) atoms. The maximum atomic E-state index is 12.8. The van der Waals surface area contributed by atoms with Crippen LogP contribution >= 0.6 is 0 Å². The van der Waals surface area contributed by atoms with Gasteiger partial charge in [0.1, 0.15) is 17.5 Å². The van der Waals surface area contributed by atoms with Gasteiger partial charge in [-0.15, -0.1) is 0 Å². The van der Waals surface area contributed by atoms with Crippen molar-refractivity contribution in [3.8, 4) is 0 Å². The van der Waals surface area contributed by atoms with E-state index in [0.29, 0.717) is 28.0 Å². The summed E-state index contributed by atoms with van der Waals surface area (Å²) in [6.07, 6.45) is -0.133. The summed E-state index contributed by atoms with van der Waals surface area (Å²) < 4.78 is 5.24. The molecule has 1 aliphatic heterocycles. The number of nitrogens with one attached hydrogen (secondary N) is 4. The average molecular weight is 446 g/mol. The molecule has 1 unspecified atom stereocenters. The van der Waals surface area contributed by atoms with E-state index in [1.165, 1.54) is 0 Å². The molecule has 0 aliphatic carbocycles. The van der Waals surface area contributed by atoms with Crippen LogP contribution in [0.4, 0.5) is 4.79 Å². The number of alkyl carbamates (subject to hydrolysis) is 1. The Labute approximate surface area is 186 Å². The number of carbonyl (C=O) groups is 4. The molecular weight excluding hydrogens is 414 g/mol. The van der Waals surface area contributed by atoms with Crippen LogP contribution in [-0.4, -0.2) is 45.4 Å². The van der Waals surface area contributed by atoms with Crippen LogP contribution in [0.5, 0.6) is 0 Å². The summed E-state index contributed by atoms with van der Waals surface area (Å²) in [4.78, 5) is 55.4. The minimum atomic E-state index is -0.775. The molecule has 174 valence electrons. The molecule has 0 bridgehead atoms. The van der Waals surface area contributed by atoms with Crippen LogP contribution in [0.1, 0.15) is 69.2 Å². The molecule has 4 amide bonds. The predicted octanol–water partition coefficient (Wildman–Crippen LogP) is 2.46. The first kappa shape index (κ1) is 24.8. The van der Waals surface area contributed by atoms with Gasteiger partial charge in [-0.3, -0.25) is 19.7 Å². The summed E-state index contributed by atoms with van der Waals surface area (Å²) in [5.74, 6) is -0.719. The molecule has 0 spiro atoms. The third kappa shape index (κ3) is 6.29. The largest absolute Gasteiger partial charge is 0.444 e. The Morgan fingerprint density at radius 1 is 1.22 bits per heavy atom. The van der Waals surface area contributed by atoms with Gasteiger partial charge < -0.3 is 20.4 Å². The summed E-state index contributed by atoms with van der Waals surface area (Å²) in [5.41, 5.74) is 1.45. The average Bonchev–Trinajstić information content (AvgIpc) is 3.09. The Bertz CT molecular complexity index is 1020. The smallest absolute Gasteiger partial charge is 0.407 e. The van der Waals surface area contributed by atoms with Crippen LogP contribution < -0.4 is 16.0 Å². The first-order valence-corrected chi connectivity index (χ1v) is 10.6. The molecule has 2 aromatic rings. The van der Waals surface area contributed by atoms with Crippen molar-refractivity contribution in [2.24, 2.45) is 0 Å². The van der Waals surface area contributed by atoms with Gasteiger partial charge in [0.25, 0.3) is 5.91 Å². The number of H-pyrrole nitrogens is 1. The van der Waals surface area contributed by atoms with Gasteiger partial charge in [-0.05, 0) is 45.7 Å². The molecule has 10 heteroatoms. The molecule has 3 rings (SSSR count). The van der Waals surface area contributed by atoms with E-state index in [0.717, 1.165) is 0 Å². The van der Waals surface area contributed by atoms with Crippen LogP contribution in [0, 0.1) is 6.92 Å². The van der Waals surface area contributed by atoms with Gasteiger partial charge in [-0.2, -0.15) is 0 Å². The van der Waals surface area contributed by atoms with E-state index >= 15 is 0 Å². The maximum Gasteiger partial charge on any atom is 0.407 e. The zero-order valence-electron chi connectivity index (χ0n) is 19.3. The van der Waals surface area contributed by atoms with Crippen molar-refractivity contribution >= 4 is 34.8 Å². The standard InChI is InChI=1S/C20H25N5O5.C2H6/c1-10-22-15-11(9-21-19(29)30-20(2,3)4)5-6-12(16(15)23-10)17(27)24-13-7-8-14(26)25-18(13)28;1-2/h5-6,13H,7-9H2,1-4H3,(H,21,29)(H,22,23)(H,24,27)(H,25,26,28);1-2H3. The number of hydrogen-bond donors (Lipinski definition) is 4. The Morgan fingerprint density at radius 3 is 2.53 bits per heavy atom. The van der Waals surface area contributed by atoms with Crippen molar-refractivity contribution in [2.75, 3.05) is 0 Å². The Hall–Kier alpha value is -3.43. The third-order valence-corrected chi connectivity index (χ3v) is 4.46. The SMILES string of the molecule is CC.Cc1nc2c(CNC(=O)OC(C)(C)C)ccc(C(=O)NC3CCC(=O)NC3=O)c2[nH]1. The normalized spacial score (nSPS) is 16.0. The number of imidazole rings is 1. The molecule has 1 aliphatic rings. The number of ether oxygens (including phenoxy) is 1. The zero-order chi connectivity index (χ0) is 24.1. The Balaban J connectivity index is 0.00000176. The van der Waals surface area contributed by atoms with Gasteiger partial charge in [-0.1, -0.05) is 19.9 Å². The summed E-state index contributed by atoms with van der Waals surface area (Å²) in [7, 11) is 0. The van der Waals surface area contributed by atoms with Gasteiger partial charge in [0.2, 0.25) is 11.8 Å². The Morgan fingerprint density at radius 2 is 1.91 bits per heavy atom. The third-order valence-electron chi connectivity index (χ3n) is 4.46. The first-order chi connectivity index (χ1) is 15.0. The summed E-state index contributed by atoms with van der Waals surface area (Å²) >= 11 is 0. The van der Waals surface area contributed by atoms with E-state index < -0.39 is 29.6 Å². The predicted molar refractivity (Wildman–Crippen MR) is 119 cm³/mol. The van der Waals surface area contributed by atoms with E-state index in [4.69, 9.17) is 4.74 Å². The molecular formula is C22H31N5O5. The van der Waals surface area contributed by atoms with E-state index in [1.807, 2.05) is 13.8 Å². The second kappa shape index (κ2) is 10.3. The van der Waals surface area contributed by atoms with Crippen LogP contribution in [0.15, 0.2) is 12.1 Å². The van der Waals surface area contributed by atoms with Gasteiger partial charge >= 0.3 is 6.09 Å². The fourth-order valence-corrected chi connectivity index (χ4v) is 3.15. The van der Waals surface area contributed by atoms with Crippen LogP contribution in [-0.2, 0) is 20.9 Å². The van der Waals surface area contributed by atoms with Crippen molar-refractivity contribution in [3.63, 3.8) is 0 Å². The number of amides is 4. The first-order valence-electron chi connectivity index (χ1n) is 10.6. The van der Waals surface area contributed by atoms with E-state index in [9.17, 15) is 19.2 Å². The molecule has 1 atom stereocenters. The number of piperidine rings is 1. The highest BCUT2D eigenvalue weighted by molar-refractivity contribution is 6.08.